The van der Waals surface area contributed by atoms with Crippen molar-refractivity contribution >= 4 is 23.2 Å². The summed E-state index contributed by atoms with van der Waals surface area (Å²) in [5, 5.41) is 12.1. The fourth-order valence-corrected chi connectivity index (χ4v) is 3.26. The first-order valence-corrected chi connectivity index (χ1v) is 8.08. The summed E-state index contributed by atoms with van der Waals surface area (Å²) in [6, 6.07) is 6.16. The zero-order chi connectivity index (χ0) is 16.4. The fourth-order valence-electron chi connectivity index (χ4n) is 2.46. The van der Waals surface area contributed by atoms with Crippen molar-refractivity contribution in [3.8, 4) is 10.6 Å². The molecule has 2 aromatic rings. The van der Waals surface area contributed by atoms with Crippen molar-refractivity contribution in [3.05, 3.63) is 40.9 Å². The number of nitrogens with zero attached hydrogens (tertiary/aromatic N) is 2. The van der Waals surface area contributed by atoms with Gasteiger partial charge in [-0.25, -0.2) is 9.78 Å². The predicted octanol–water partition coefficient (Wildman–Crippen LogP) is 2.04. The van der Waals surface area contributed by atoms with Crippen molar-refractivity contribution in [2.75, 3.05) is 19.8 Å². The van der Waals surface area contributed by atoms with Gasteiger partial charge in [0.05, 0.1) is 13.2 Å². The number of ether oxygens (including phenoxy) is 1. The maximum absolute atomic E-state index is 12.6. The second-order valence-electron chi connectivity index (χ2n) is 5.30. The van der Waals surface area contributed by atoms with E-state index in [0.29, 0.717) is 12.2 Å². The molecule has 0 unspecified atom stereocenters. The lowest BCUT2D eigenvalue weighted by Gasteiger charge is -2.32. The highest BCUT2D eigenvalue weighted by molar-refractivity contribution is 7.13. The number of aromatic nitrogens is 1. The molecule has 1 aromatic carbocycles. The van der Waals surface area contributed by atoms with E-state index in [4.69, 9.17) is 4.74 Å². The lowest BCUT2D eigenvalue weighted by Crippen LogP contribution is -2.52. The molecular weight excluding hydrogens is 316 g/mol. The van der Waals surface area contributed by atoms with Gasteiger partial charge in [-0.1, -0.05) is 12.1 Å². The highest BCUT2D eigenvalue weighted by atomic mass is 32.1. The molecule has 2 heterocycles. The molecule has 0 bridgehead atoms. The number of aliphatic carboxylic acids is 1. The van der Waals surface area contributed by atoms with E-state index in [1.54, 1.807) is 23.5 Å². The molecule has 1 atom stereocenters. The normalized spacial score (nSPS) is 18.0. The number of amides is 1. The van der Waals surface area contributed by atoms with Crippen LogP contribution >= 0.6 is 11.3 Å². The average molecular weight is 332 g/mol. The molecule has 1 saturated heterocycles. The minimum Gasteiger partial charge on any atom is -0.480 e. The topological polar surface area (TPSA) is 79.7 Å². The SMILES string of the molecule is Cc1csc(-c2ccc(C(=O)N3CCOC[C@H]3C(=O)O)cc2)n1. The smallest absolute Gasteiger partial charge is 0.328 e. The third-order valence-corrected chi connectivity index (χ3v) is 4.68. The van der Waals surface area contributed by atoms with Crippen LogP contribution in [0, 0.1) is 6.92 Å². The summed E-state index contributed by atoms with van der Waals surface area (Å²) in [5.41, 5.74) is 2.37. The summed E-state index contributed by atoms with van der Waals surface area (Å²) in [4.78, 5) is 29.6. The number of morpholine rings is 1. The summed E-state index contributed by atoms with van der Waals surface area (Å²) < 4.78 is 5.16. The molecule has 1 aromatic heterocycles. The van der Waals surface area contributed by atoms with E-state index < -0.39 is 12.0 Å². The van der Waals surface area contributed by atoms with E-state index in [9.17, 15) is 14.7 Å². The summed E-state index contributed by atoms with van der Waals surface area (Å²) in [5.74, 6) is -1.34. The van der Waals surface area contributed by atoms with E-state index >= 15 is 0 Å². The molecule has 0 radical (unpaired) electrons. The van der Waals surface area contributed by atoms with Crippen molar-refractivity contribution in [1.29, 1.82) is 0 Å². The van der Waals surface area contributed by atoms with Crippen molar-refractivity contribution in [3.63, 3.8) is 0 Å². The van der Waals surface area contributed by atoms with Gasteiger partial charge in [0.25, 0.3) is 5.91 Å². The van der Waals surface area contributed by atoms with Crippen molar-refractivity contribution in [2.45, 2.75) is 13.0 Å². The van der Waals surface area contributed by atoms with Gasteiger partial charge in [-0.15, -0.1) is 11.3 Å². The third-order valence-electron chi connectivity index (χ3n) is 3.67. The lowest BCUT2D eigenvalue weighted by atomic mass is 10.1. The predicted molar refractivity (Wildman–Crippen MR) is 85.6 cm³/mol. The van der Waals surface area contributed by atoms with E-state index in [0.717, 1.165) is 16.3 Å². The van der Waals surface area contributed by atoms with Crippen molar-refractivity contribution in [2.24, 2.45) is 0 Å². The molecule has 0 saturated carbocycles. The maximum atomic E-state index is 12.6. The number of carboxylic acids is 1. The van der Waals surface area contributed by atoms with Crippen molar-refractivity contribution in [1.82, 2.24) is 9.88 Å². The molecule has 23 heavy (non-hydrogen) atoms. The van der Waals surface area contributed by atoms with E-state index in [1.165, 1.54) is 4.90 Å². The number of thiazole rings is 1. The molecule has 3 rings (SSSR count). The molecule has 1 aliphatic heterocycles. The molecule has 7 heteroatoms. The quantitative estimate of drug-likeness (QED) is 0.930. The Hall–Kier alpha value is -2.25. The van der Waals surface area contributed by atoms with Gasteiger partial charge in [0.2, 0.25) is 0 Å². The van der Waals surface area contributed by atoms with E-state index in [1.807, 2.05) is 24.4 Å². The first-order chi connectivity index (χ1) is 11.1. The Labute approximate surface area is 137 Å². The second-order valence-corrected chi connectivity index (χ2v) is 6.16. The number of rotatable bonds is 3. The van der Waals surface area contributed by atoms with Gasteiger partial charge in [-0.3, -0.25) is 4.79 Å². The minimum absolute atomic E-state index is 0.0253. The molecule has 0 spiro atoms. The van der Waals surface area contributed by atoms with Crippen LogP contribution in [0.5, 0.6) is 0 Å². The van der Waals surface area contributed by atoms with Gasteiger partial charge < -0.3 is 14.7 Å². The van der Waals surface area contributed by atoms with Gasteiger partial charge in [0.1, 0.15) is 5.01 Å². The first kappa shape index (κ1) is 15.6. The van der Waals surface area contributed by atoms with Gasteiger partial charge in [-0.05, 0) is 19.1 Å². The van der Waals surface area contributed by atoms with E-state index in [2.05, 4.69) is 4.98 Å². The molecule has 1 aliphatic rings. The highest BCUT2D eigenvalue weighted by Gasteiger charge is 2.33. The zero-order valence-electron chi connectivity index (χ0n) is 12.6. The first-order valence-electron chi connectivity index (χ1n) is 7.20. The Kier molecular flexibility index (Phi) is 4.40. The van der Waals surface area contributed by atoms with Crippen LogP contribution in [0.3, 0.4) is 0 Å². The Morgan fingerprint density at radius 2 is 2.09 bits per heavy atom. The standard InChI is InChI=1S/C16H16N2O4S/c1-10-9-23-14(17-10)11-2-4-12(5-3-11)15(19)18-6-7-22-8-13(18)16(20)21/h2-5,9,13H,6-8H2,1H3,(H,20,21)/t13-/m0/s1. The van der Waals surface area contributed by atoms with Crippen LogP contribution in [0.2, 0.25) is 0 Å². The summed E-state index contributed by atoms with van der Waals surface area (Å²) >= 11 is 1.55. The lowest BCUT2D eigenvalue weighted by molar-refractivity contribution is -0.147. The minimum atomic E-state index is -1.05. The van der Waals surface area contributed by atoms with Crippen LogP contribution in [0.25, 0.3) is 10.6 Å². The number of carbonyl (C=O) groups is 2. The summed E-state index contributed by atoms with van der Waals surface area (Å²) in [6.07, 6.45) is 0. The molecule has 1 fully saturated rings. The maximum Gasteiger partial charge on any atom is 0.328 e. The Bertz CT molecular complexity index is 726. The molecule has 0 aliphatic carbocycles. The van der Waals surface area contributed by atoms with Crippen LogP contribution < -0.4 is 0 Å². The zero-order valence-corrected chi connectivity index (χ0v) is 13.4. The number of hydrogen-bond acceptors (Lipinski definition) is 5. The van der Waals surface area contributed by atoms with Crippen LogP contribution in [0.4, 0.5) is 0 Å². The molecule has 6 nitrogen and oxygen atoms in total. The number of carboxylic acid groups (broad SMARTS) is 1. The van der Waals surface area contributed by atoms with Gasteiger partial charge in [0.15, 0.2) is 6.04 Å². The van der Waals surface area contributed by atoms with Crippen LogP contribution in [0.15, 0.2) is 29.6 Å². The number of carbonyl (C=O) groups excluding carboxylic acids is 1. The summed E-state index contributed by atoms with van der Waals surface area (Å²) in [6.45, 7) is 2.59. The van der Waals surface area contributed by atoms with Crippen molar-refractivity contribution < 1.29 is 19.4 Å². The van der Waals surface area contributed by atoms with Gasteiger partial charge in [0, 0.05) is 28.7 Å². The average Bonchev–Trinajstić information content (AvgIpc) is 3.01. The van der Waals surface area contributed by atoms with Gasteiger partial charge >= 0.3 is 5.97 Å². The largest absolute Gasteiger partial charge is 0.480 e. The number of aryl methyl sites for hydroxylation is 1. The van der Waals surface area contributed by atoms with Crippen LogP contribution in [-0.4, -0.2) is 52.7 Å². The monoisotopic (exact) mass is 332 g/mol. The molecule has 1 N–H and O–H groups in total. The van der Waals surface area contributed by atoms with Gasteiger partial charge in [-0.2, -0.15) is 0 Å². The number of benzene rings is 1. The third kappa shape index (κ3) is 3.25. The Morgan fingerprint density at radius 3 is 2.70 bits per heavy atom. The Balaban J connectivity index is 1.80. The molecule has 120 valence electrons. The molecule has 1 amide bonds. The second kappa shape index (κ2) is 6.47. The summed E-state index contributed by atoms with van der Waals surface area (Å²) in [7, 11) is 0. The van der Waals surface area contributed by atoms with Crippen LogP contribution in [-0.2, 0) is 9.53 Å². The Morgan fingerprint density at radius 1 is 1.35 bits per heavy atom. The fraction of sp³-hybridized carbons (Fsp3) is 0.312. The van der Waals surface area contributed by atoms with E-state index in [-0.39, 0.29) is 19.1 Å². The van der Waals surface area contributed by atoms with Crippen LogP contribution in [0.1, 0.15) is 16.1 Å². The highest BCUT2D eigenvalue weighted by Crippen LogP contribution is 2.24. The number of hydrogen-bond donors (Lipinski definition) is 1. The molecular formula is C16H16N2O4S.